The smallest absolute Gasteiger partial charge is 0.315 e. The number of rotatable bonds is 3. The van der Waals surface area contributed by atoms with E-state index in [0.717, 1.165) is 31.2 Å². The van der Waals surface area contributed by atoms with Crippen LogP contribution < -0.4 is 10.6 Å². The molecule has 2 amide bonds. The molecule has 1 fully saturated rings. The maximum absolute atomic E-state index is 12.7. The van der Waals surface area contributed by atoms with E-state index in [2.05, 4.69) is 10.6 Å². The molecule has 1 saturated carbocycles. The van der Waals surface area contributed by atoms with Gasteiger partial charge in [0.25, 0.3) is 0 Å². The Morgan fingerprint density at radius 1 is 1.26 bits per heavy atom. The zero-order valence-corrected chi connectivity index (χ0v) is 10.7. The Balaban J connectivity index is 1.76. The van der Waals surface area contributed by atoms with Crippen LogP contribution in [0, 0.1) is 5.82 Å². The van der Waals surface area contributed by atoms with Crippen LogP contribution in [0.25, 0.3) is 0 Å². The third-order valence-corrected chi connectivity index (χ3v) is 3.41. The lowest BCUT2D eigenvalue weighted by Gasteiger charge is -2.28. The van der Waals surface area contributed by atoms with E-state index in [0.29, 0.717) is 6.54 Å². The highest BCUT2D eigenvalue weighted by atomic mass is 19.1. The first-order valence-corrected chi connectivity index (χ1v) is 6.62. The lowest BCUT2D eigenvalue weighted by atomic mass is 9.93. The van der Waals surface area contributed by atoms with Gasteiger partial charge in [0.15, 0.2) is 0 Å². The Bertz CT molecular complexity index is 422. The van der Waals surface area contributed by atoms with Crippen molar-refractivity contribution in [2.45, 2.75) is 44.4 Å². The molecule has 0 bridgehead atoms. The molecule has 1 aromatic carbocycles. The lowest BCUT2D eigenvalue weighted by molar-refractivity contribution is 0.0943. The predicted molar refractivity (Wildman–Crippen MR) is 70.0 cm³/mol. The fraction of sp³-hybridized carbons (Fsp3) is 0.500. The van der Waals surface area contributed by atoms with Crippen molar-refractivity contribution in [3.63, 3.8) is 0 Å². The molecule has 0 aliphatic heterocycles. The number of urea groups is 1. The van der Waals surface area contributed by atoms with E-state index >= 15 is 0 Å². The van der Waals surface area contributed by atoms with E-state index in [-0.39, 0.29) is 17.9 Å². The number of benzene rings is 1. The van der Waals surface area contributed by atoms with Gasteiger partial charge in [-0.1, -0.05) is 25.0 Å². The van der Waals surface area contributed by atoms with Crippen LogP contribution in [-0.2, 0) is 6.54 Å². The summed E-state index contributed by atoms with van der Waals surface area (Å²) >= 11 is 0. The summed E-state index contributed by atoms with van der Waals surface area (Å²) in [6.07, 6.45) is 3.13. The largest absolute Gasteiger partial charge is 0.391 e. The minimum atomic E-state index is -0.453. The molecule has 0 unspecified atom stereocenters. The fourth-order valence-corrected chi connectivity index (χ4v) is 2.28. The summed E-state index contributed by atoms with van der Waals surface area (Å²) < 4.78 is 12.7. The van der Waals surface area contributed by atoms with Gasteiger partial charge in [0.2, 0.25) is 0 Å². The molecule has 2 atom stereocenters. The Labute approximate surface area is 112 Å². The van der Waals surface area contributed by atoms with Crippen molar-refractivity contribution >= 4 is 6.03 Å². The monoisotopic (exact) mass is 266 g/mol. The number of carbonyl (C=O) groups excluding carboxylic acids is 1. The normalized spacial score (nSPS) is 22.8. The molecule has 3 N–H and O–H groups in total. The summed E-state index contributed by atoms with van der Waals surface area (Å²) in [5.74, 6) is -0.293. The van der Waals surface area contributed by atoms with Crippen LogP contribution in [-0.4, -0.2) is 23.3 Å². The molecule has 1 aromatic rings. The second-order valence-electron chi connectivity index (χ2n) is 4.91. The zero-order valence-electron chi connectivity index (χ0n) is 10.7. The number of amides is 2. The van der Waals surface area contributed by atoms with Crippen LogP contribution in [0.2, 0.25) is 0 Å². The summed E-state index contributed by atoms with van der Waals surface area (Å²) in [5, 5.41) is 15.2. The van der Waals surface area contributed by atoms with Crippen molar-refractivity contribution < 1.29 is 14.3 Å². The molecular weight excluding hydrogens is 247 g/mol. The third kappa shape index (κ3) is 4.21. The molecule has 5 heteroatoms. The highest BCUT2D eigenvalue weighted by Gasteiger charge is 2.24. The predicted octanol–water partition coefficient (Wildman–Crippen LogP) is 1.93. The topological polar surface area (TPSA) is 61.4 Å². The summed E-state index contributed by atoms with van der Waals surface area (Å²) in [7, 11) is 0. The standard InChI is InChI=1S/C14H19FN2O2/c15-11-7-5-10(6-8-11)9-16-14(19)17-12-3-1-2-4-13(12)18/h5-8,12-13,18H,1-4,9H2,(H2,16,17,19)/t12-,13-/m1/s1. The van der Waals surface area contributed by atoms with Crippen LogP contribution in [0.5, 0.6) is 0 Å². The first-order valence-electron chi connectivity index (χ1n) is 6.62. The quantitative estimate of drug-likeness (QED) is 0.783. The van der Waals surface area contributed by atoms with Gasteiger partial charge in [-0.3, -0.25) is 0 Å². The van der Waals surface area contributed by atoms with Crippen LogP contribution in [0.15, 0.2) is 24.3 Å². The molecule has 104 valence electrons. The maximum atomic E-state index is 12.7. The highest BCUT2D eigenvalue weighted by molar-refractivity contribution is 5.74. The Kier molecular flexibility index (Phi) is 4.74. The maximum Gasteiger partial charge on any atom is 0.315 e. The first kappa shape index (κ1) is 13.8. The average molecular weight is 266 g/mol. The number of hydrogen-bond donors (Lipinski definition) is 3. The van der Waals surface area contributed by atoms with Crippen molar-refractivity contribution in [2.75, 3.05) is 0 Å². The van der Waals surface area contributed by atoms with Crippen molar-refractivity contribution in [3.8, 4) is 0 Å². The molecule has 19 heavy (non-hydrogen) atoms. The molecule has 4 nitrogen and oxygen atoms in total. The molecule has 1 aliphatic carbocycles. The van der Waals surface area contributed by atoms with Gasteiger partial charge in [0.1, 0.15) is 5.82 Å². The van der Waals surface area contributed by atoms with E-state index in [1.54, 1.807) is 12.1 Å². The van der Waals surface area contributed by atoms with Crippen molar-refractivity contribution in [1.29, 1.82) is 0 Å². The minimum Gasteiger partial charge on any atom is -0.391 e. The van der Waals surface area contributed by atoms with Gasteiger partial charge in [-0.2, -0.15) is 0 Å². The van der Waals surface area contributed by atoms with E-state index in [1.165, 1.54) is 12.1 Å². The minimum absolute atomic E-state index is 0.165. The van der Waals surface area contributed by atoms with Gasteiger partial charge in [-0.05, 0) is 30.5 Å². The van der Waals surface area contributed by atoms with E-state index in [9.17, 15) is 14.3 Å². The van der Waals surface area contributed by atoms with E-state index in [1.807, 2.05) is 0 Å². The summed E-state index contributed by atoms with van der Waals surface area (Å²) in [6, 6.07) is 5.52. The van der Waals surface area contributed by atoms with Gasteiger partial charge < -0.3 is 15.7 Å². The van der Waals surface area contributed by atoms with Gasteiger partial charge >= 0.3 is 6.03 Å². The highest BCUT2D eigenvalue weighted by Crippen LogP contribution is 2.18. The molecule has 0 saturated heterocycles. The van der Waals surface area contributed by atoms with Gasteiger partial charge in [0, 0.05) is 6.54 Å². The van der Waals surface area contributed by atoms with Crippen LogP contribution in [0.1, 0.15) is 31.2 Å². The second kappa shape index (κ2) is 6.52. The Hall–Kier alpha value is -1.62. The SMILES string of the molecule is O=C(NCc1ccc(F)cc1)N[C@@H]1CCCC[C@H]1O. The molecule has 1 aliphatic rings. The van der Waals surface area contributed by atoms with Gasteiger partial charge in [-0.25, -0.2) is 9.18 Å². The number of halogens is 1. The summed E-state index contributed by atoms with van der Waals surface area (Å²) in [4.78, 5) is 11.7. The van der Waals surface area contributed by atoms with Crippen molar-refractivity contribution in [2.24, 2.45) is 0 Å². The molecule has 0 heterocycles. The number of nitrogens with one attached hydrogen (secondary N) is 2. The van der Waals surface area contributed by atoms with Crippen molar-refractivity contribution in [1.82, 2.24) is 10.6 Å². The van der Waals surface area contributed by atoms with E-state index < -0.39 is 6.10 Å². The second-order valence-corrected chi connectivity index (χ2v) is 4.91. The van der Waals surface area contributed by atoms with Crippen LogP contribution in [0.3, 0.4) is 0 Å². The number of aliphatic hydroxyl groups is 1. The molecule has 0 aromatic heterocycles. The molecule has 2 rings (SSSR count). The zero-order chi connectivity index (χ0) is 13.7. The van der Waals surface area contributed by atoms with Crippen LogP contribution in [0.4, 0.5) is 9.18 Å². The van der Waals surface area contributed by atoms with Gasteiger partial charge in [0.05, 0.1) is 12.1 Å². The first-order chi connectivity index (χ1) is 9.15. The molecule has 0 spiro atoms. The molecule has 0 radical (unpaired) electrons. The fourth-order valence-electron chi connectivity index (χ4n) is 2.28. The van der Waals surface area contributed by atoms with Gasteiger partial charge in [-0.15, -0.1) is 0 Å². The summed E-state index contributed by atoms with van der Waals surface area (Å²) in [5.41, 5.74) is 0.834. The number of aliphatic hydroxyl groups excluding tert-OH is 1. The third-order valence-electron chi connectivity index (χ3n) is 3.41. The Morgan fingerprint density at radius 2 is 1.95 bits per heavy atom. The molecular formula is C14H19FN2O2. The van der Waals surface area contributed by atoms with Crippen LogP contribution >= 0.6 is 0 Å². The van der Waals surface area contributed by atoms with E-state index in [4.69, 9.17) is 0 Å². The number of hydrogen-bond acceptors (Lipinski definition) is 2. The summed E-state index contributed by atoms with van der Waals surface area (Å²) in [6.45, 7) is 0.342. The van der Waals surface area contributed by atoms with Crippen molar-refractivity contribution in [3.05, 3.63) is 35.6 Å². The Morgan fingerprint density at radius 3 is 2.63 bits per heavy atom. The number of carbonyl (C=O) groups is 1. The average Bonchev–Trinajstić information content (AvgIpc) is 2.41. The lowest BCUT2D eigenvalue weighted by Crippen LogP contribution is -2.48.